The molecule has 1 aromatic carbocycles. The molecule has 0 saturated carbocycles. The predicted molar refractivity (Wildman–Crippen MR) is 88.8 cm³/mol. The zero-order valence-electron chi connectivity index (χ0n) is 14.1. The Morgan fingerprint density at radius 2 is 1.95 bits per heavy atom. The van der Waals surface area contributed by atoms with E-state index in [9.17, 15) is 10.1 Å². The normalized spacial score (nSPS) is 13.2. The predicted octanol–water partition coefficient (Wildman–Crippen LogP) is 3.39. The van der Waals surface area contributed by atoms with Crippen molar-refractivity contribution >= 4 is 5.91 Å². The molecule has 22 heavy (non-hydrogen) atoms. The van der Waals surface area contributed by atoms with Crippen LogP contribution in [0, 0.1) is 11.3 Å². The van der Waals surface area contributed by atoms with Crippen LogP contribution in [-0.4, -0.2) is 22.9 Å². The molecule has 0 spiro atoms. The van der Waals surface area contributed by atoms with Crippen LogP contribution in [0.2, 0.25) is 0 Å². The van der Waals surface area contributed by atoms with Crippen LogP contribution in [0.4, 0.5) is 0 Å². The van der Waals surface area contributed by atoms with Gasteiger partial charge in [0.15, 0.2) is 0 Å². The molecule has 0 aliphatic heterocycles. The summed E-state index contributed by atoms with van der Waals surface area (Å²) in [4.78, 5) is 14.3. The number of nitriles is 1. The SMILES string of the molecule is CCN(/C=C(/C#N)C(=O)NC(C)c1ccccc1)C(C)(C)C. The van der Waals surface area contributed by atoms with Gasteiger partial charge in [-0.1, -0.05) is 30.3 Å². The minimum Gasteiger partial charge on any atom is -0.372 e. The fourth-order valence-corrected chi connectivity index (χ4v) is 2.15. The fraction of sp³-hybridized carbons (Fsp3) is 0.444. The van der Waals surface area contributed by atoms with E-state index in [1.54, 1.807) is 6.20 Å². The molecule has 1 N–H and O–H groups in total. The highest BCUT2D eigenvalue weighted by atomic mass is 16.1. The first-order valence-corrected chi connectivity index (χ1v) is 7.54. The van der Waals surface area contributed by atoms with Crippen LogP contribution in [0.15, 0.2) is 42.1 Å². The summed E-state index contributed by atoms with van der Waals surface area (Å²) in [6.45, 7) is 10.8. The van der Waals surface area contributed by atoms with Crippen molar-refractivity contribution in [2.45, 2.75) is 46.2 Å². The summed E-state index contributed by atoms with van der Waals surface area (Å²) in [5, 5.41) is 12.2. The molecule has 0 heterocycles. The number of nitrogens with zero attached hydrogens (tertiary/aromatic N) is 2. The van der Waals surface area contributed by atoms with E-state index >= 15 is 0 Å². The molecule has 0 radical (unpaired) electrons. The van der Waals surface area contributed by atoms with E-state index in [1.165, 1.54) is 0 Å². The Morgan fingerprint density at radius 1 is 1.36 bits per heavy atom. The second-order valence-electron chi connectivity index (χ2n) is 6.22. The average molecular weight is 299 g/mol. The molecule has 0 aliphatic carbocycles. The average Bonchev–Trinajstić information content (AvgIpc) is 2.47. The molecule has 0 aromatic heterocycles. The molecule has 1 rings (SSSR count). The molecule has 1 atom stereocenters. The Labute approximate surface area is 133 Å². The molecule has 1 aromatic rings. The Hall–Kier alpha value is -2.28. The van der Waals surface area contributed by atoms with Gasteiger partial charge >= 0.3 is 0 Å². The van der Waals surface area contributed by atoms with Gasteiger partial charge < -0.3 is 10.2 Å². The van der Waals surface area contributed by atoms with Crippen molar-refractivity contribution in [1.82, 2.24) is 10.2 Å². The number of carbonyl (C=O) groups is 1. The number of amides is 1. The third-order valence-electron chi connectivity index (χ3n) is 3.50. The minimum absolute atomic E-state index is 0.125. The largest absolute Gasteiger partial charge is 0.372 e. The van der Waals surface area contributed by atoms with Crippen molar-refractivity contribution < 1.29 is 4.79 Å². The molecule has 0 bridgehead atoms. The molecule has 4 heteroatoms. The highest BCUT2D eigenvalue weighted by molar-refractivity contribution is 5.97. The highest BCUT2D eigenvalue weighted by Crippen LogP contribution is 2.16. The lowest BCUT2D eigenvalue weighted by Gasteiger charge is -2.34. The van der Waals surface area contributed by atoms with Crippen LogP contribution < -0.4 is 5.32 Å². The molecular weight excluding hydrogens is 274 g/mol. The molecule has 1 unspecified atom stereocenters. The van der Waals surface area contributed by atoms with Gasteiger partial charge in [0.25, 0.3) is 5.91 Å². The van der Waals surface area contributed by atoms with Gasteiger partial charge in [-0.3, -0.25) is 4.79 Å². The molecular formula is C18H25N3O. The standard InChI is InChI=1S/C18H25N3O/c1-6-21(18(3,4)5)13-16(12-19)17(22)20-14(2)15-10-8-7-9-11-15/h7-11,13-14H,6H2,1-5H3,(H,20,22)/b16-13-. The van der Waals surface area contributed by atoms with Crippen molar-refractivity contribution in [2.24, 2.45) is 0 Å². The first kappa shape index (κ1) is 17.8. The van der Waals surface area contributed by atoms with Gasteiger partial charge in [0.1, 0.15) is 11.6 Å². The number of carbonyl (C=O) groups excluding carboxylic acids is 1. The topological polar surface area (TPSA) is 56.1 Å². The van der Waals surface area contributed by atoms with Gasteiger partial charge in [0, 0.05) is 18.3 Å². The van der Waals surface area contributed by atoms with E-state index < -0.39 is 0 Å². The first-order valence-electron chi connectivity index (χ1n) is 7.54. The quantitative estimate of drug-likeness (QED) is 0.670. The zero-order valence-corrected chi connectivity index (χ0v) is 14.1. The maximum absolute atomic E-state index is 12.3. The smallest absolute Gasteiger partial charge is 0.263 e. The fourth-order valence-electron chi connectivity index (χ4n) is 2.15. The van der Waals surface area contributed by atoms with Crippen molar-refractivity contribution in [3.8, 4) is 6.07 Å². The van der Waals surface area contributed by atoms with E-state index in [1.807, 2.05) is 75.9 Å². The maximum Gasteiger partial charge on any atom is 0.263 e. The summed E-state index contributed by atoms with van der Waals surface area (Å²) >= 11 is 0. The Morgan fingerprint density at radius 3 is 2.41 bits per heavy atom. The van der Waals surface area contributed by atoms with E-state index in [0.29, 0.717) is 0 Å². The molecule has 1 amide bonds. The van der Waals surface area contributed by atoms with Gasteiger partial charge in [-0.25, -0.2) is 0 Å². The summed E-state index contributed by atoms with van der Waals surface area (Å²) < 4.78 is 0. The summed E-state index contributed by atoms with van der Waals surface area (Å²) in [5.41, 5.74) is 0.998. The van der Waals surface area contributed by atoms with Gasteiger partial charge in [-0.2, -0.15) is 5.26 Å². The van der Waals surface area contributed by atoms with Crippen LogP contribution in [-0.2, 0) is 4.79 Å². The number of hydrogen-bond acceptors (Lipinski definition) is 3. The van der Waals surface area contributed by atoms with Gasteiger partial charge in [0.05, 0.1) is 6.04 Å². The molecule has 0 aliphatic rings. The van der Waals surface area contributed by atoms with Crippen LogP contribution in [0.3, 0.4) is 0 Å². The minimum atomic E-state index is -0.346. The number of benzene rings is 1. The van der Waals surface area contributed by atoms with Crippen LogP contribution in [0.25, 0.3) is 0 Å². The van der Waals surface area contributed by atoms with Crippen molar-refractivity contribution in [2.75, 3.05) is 6.54 Å². The number of nitrogens with one attached hydrogen (secondary N) is 1. The highest BCUT2D eigenvalue weighted by Gasteiger charge is 2.20. The lowest BCUT2D eigenvalue weighted by molar-refractivity contribution is -0.117. The van der Waals surface area contributed by atoms with Crippen LogP contribution in [0.1, 0.15) is 46.2 Å². The van der Waals surface area contributed by atoms with Crippen molar-refractivity contribution in [1.29, 1.82) is 5.26 Å². The Bertz CT molecular complexity index is 564. The summed E-state index contributed by atoms with van der Waals surface area (Å²) in [6.07, 6.45) is 1.65. The van der Waals surface area contributed by atoms with Gasteiger partial charge in [-0.05, 0) is 40.2 Å². The third-order valence-corrected chi connectivity index (χ3v) is 3.50. The molecule has 0 saturated heterocycles. The van der Waals surface area contributed by atoms with E-state index in [4.69, 9.17) is 0 Å². The first-order chi connectivity index (χ1) is 10.3. The summed E-state index contributed by atoms with van der Waals surface area (Å²) in [6, 6.07) is 11.6. The van der Waals surface area contributed by atoms with Crippen LogP contribution >= 0.6 is 0 Å². The monoisotopic (exact) mass is 299 g/mol. The number of hydrogen-bond donors (Lipinski definition) is 1. The lowest BCUT2D eigenvalue weighted by atomic mass is 10.1. The lowest BCUT2D eigenvalue weighted by Crippen LogP contribution is -2.38. The third kappa shape index (κ3) is 4.92. The zero-order chi connectivity index (χ0) is 16.8. The van der Waals surface area contributed by atoms with Gasteiger partial charge in [0.2, 0.25) is 0 Å². The molecule has 118 valence electrons. The number of rotatable bonds is 5. The Balaban J connectivity index is 2.87. The maximum atomic E-state index is 12.3. The van der Waals surface area contributed by atoms with Crippen molar-refractivity contribution in [3.05, 3.63) is 47.7 Å². The van der Waals surface area contributed by atoms with Crippen molar-refractivity contribution in [3.63, 3.8) is 0 Å². The van der Waals surface area contributed by atoms with Gasteiger partial charge in [-0.15, -0.1) is 0 Å². The molecule has 0 fully saturated rings. The van der Waals surface area contributed by atoms with E-state index in [-0.39, 0.29) is 23.1 Å². The van der Waals surface area contributed by atoms with E-state index in [0.717, 1.165) is 12.1 Å². The Kier molecular flexibility index (Phi) is 6.18. The van der Waals surface area contributed by atoms with Crippen LogP contribution in [0.5, 0.6) is 0 Å². The molecule has 4 nitrogen and oxygen atoms in total. The second-order valence-corrected chi connectivity index (χ2v) is 6.22. The summed E-state index contributed by atoms with van der Waals surface area (Å²) in [7, 11) is 0. The van der Waals surface area contributed by atoms with E-state index in [2.05, 4.69) is 5.32 Å². The second kappa shape index (κ2) is 7.65. The summed E-state index contributed by atoms with van der Waals surface area (Å²) in [5.74, 6) is -0.346.